The van der Waals surface area contributed by atoms with Gasteiger partial charge >= 0.3 is 11.7 Å². The highest BCUT2D eigenvalue weighted by Crippen LogP contribution is 2.38. The molecule has 2 unspecified atom stereocenters. The number of hydrogen-bond acceptors (Lipinski definition) is 8. The van der Waals surface area contributed by atoms with Gasteiger partial charge in [0.05, 0.1) is 6.61 Å². The maximum absolute atomic E-state index is 12.1. The molecule has 0 aliphatic carbocycles. The molecule has 4 atom stereocenters. The number of carboxylic acid groups (broad SMARTS) is 1. The average molecular weight is 345 g/mol. The molecule has 0 aromatic carbocycles. The number of nitrogens with zero attached hydrogens (tertiary/aromatic N) is 1. The number of hydroxylamine groups is 1. The Labute approximate surface area is 135 Å². The van der Waals surface area contributed by atoms with Gasteiger partial charge in [-0.15, -0.1) is 0 Å². The molecule has 11 heteroatoms. The lowest BCUT2D eigenvalue weighted by Gasteiger charge is -2.26. The fraction of sp³-hybridized carbons (Fsp3) is 0.615. The molecule has 24 heavy (non-hydrogen) atoms. The van der Waals surface area contributed by atoms with Crippen LogP contribution >= 0.6 is 0 Å². The minimum atomic E-state index is -2.13. The number of aliphatic hydroxyl groups excluding tert-OH is 1. The van der Waals surface area contributed by atoms with E-state index < -0.39 is 47.9 Å². The van der Waals surface area contributed by atoms with Crippen LogP contribution in [0.4, 0.5) is 0 Å². The zero-order valence-electron chi connectivity index (χ0n) is 13.3. The van der Waals surface area contributed by atoms with Crippen LogP contribution in [0, 0.1) is 6.92 Å². The van der Waals surface area contributed by atoms with E-state index >= 15 is 0 Å². The van der Waals surface area contributed by atoms with Crippen LogP contribution in [0.15, 0.2) is 15.8 Å². The van der Waals surface area contributed by atoms with Crippen molar-refractivity contribution in [3.63, 3.8) is 0 Å². The molecule has 0 radical (unpaired) electrons. The van der Waals surface area contributed by atoms with E-state index in [1.165, 1.54) is 27.3 Å². The first-order valence-corrected chi connectivity index (χ1v) is 7.01. The number of nitrogens with one attached hydrogen (secondary N) is 2. The van der Waals surface area contributed by atoms with Gasteiger partial charge in [-0.1, -0.05) is 0 Å². The number of aliphatic carboxylic acids is 1. The summed E-state index contributed by atoms with van der Waals surface area (Å²) in [7, 11) is 2.65. The number of carboxylic acids is 1. The van der Waals surface area contributed by atoms with Gasteiger partial charge in [0.2, 0.25) is 5.60 Å². The number of aliphatic hydroxyl groups is 1. The number of carbonyl (C=O) groups is 1. The monoisotopic (exact) mass is 345 g/mol. The molecule has 1 aromatic heterocycles. The van der Waals surface area contributed by atoms with Gasteiger partial charge in [-0.2, -0.15) is 0 Å². The zero-order chi connectivity index (χ0) is 18.1. The summed E-state index contributed by atoms with van der Waals surface area (Å²) in [6.07, 6.45) is -2.99. The fourth-order valence-corrected chi connectivity index (χ4v) is 2.59. The highest BCUT2D eigenvalue weighted by atomic mass is 16.7. The Kier molecular flexibility index (Phi) is 5.20. The Morgan fingerprint density at radius 3 is 2.75 bits per heavy atom. The highest BCUT2D eigenvalue weighted by Gasteiger charge is 2.61. The molecule has 1 aliphatic rings. The van der Waals surface area contributed by atoms with Crippen LogP contribution in [0.2, 0.25) is 0 Å². The summed E-state index contributed by atoms with van der Waals surface area (Å²) in [5, 5.41) is 19.9. The first-order chi connectivity index (χ1) is 11.3. The molecule has 2 rings (SSSR count). The molecule has 11 nitrogen and oxygen atoms in total. The Morgan fingerprint density at radius 2 is 2.21 bits per heavy atom. The molecule has 4 N–H and O–H groups in total. The van der Waals surface area contributed by atoms with Crippen molar-refractivity contribution in [2.45, 2.75) is 31.0 Å². The predicted molar refractivity (Wildman–Crippen MR) is 78.4 cm³/mol. The molecule has 1 aromatic rings. The average Bonchev–Trinajstić information content (AvgIpc) is 2.79. The first-order valence-electron chi connectivity index (χ1n) is 7.01. The van der Waals surface area contributed by atoms with Crippen molar-refractivity contribution in [3.05, 3.63) is 32.6 Å². The maximum atomic E-state index is 12.1. The lowest BCUT2D eigenvalue weighted by atomic mass is 9.96. The summed E-state index contributed by atoms with van der Waals surface area (Å²) in [5.41, 5.74) is -0.996. The van der Waals surface area contributed by atoms with E-state index in [1.54, 1.807) is 0 Å². The molecule has 0 saturated carbocycles. The number of methoxy groups -OCH3 is 1. The van der Waals surface area contributed by atoms with Gasteiger partial charge in [0.15, 0.2) is 12.3 Å². The summed E-state index contributed by atoms with van der Waals surface area (Å²) >= 11 is 0. The fourth-order valence-electron chi connectivity index (χ4n) is 2.59. The second-order valence-corrected chi connectivity index (χ2v) is 5.35. The third-order valence-corrected chi connectivity index (χ3v) is 3.80. The Balaban J connectivity index is 2.56. The van der Waals surface area contributed by atoms with Crippen molar-refractivity contribution >= 4 is 5.97 Å². The van der Waals surface area contributed by atoms with Gasteiger partial charge in [0.1, 0.15) is 6.10 Å². The smallest absolute Gasteiger partial charge is 0.341 e. The van der Waals surface area contributed by atoms with Crippen LogP contribution in [0.25, 0.3) is 0 Å². The molecule has 2 heterocycles. The molecule has 1 aliphatic heterocycles. The van der Waals surface area contributed by atoms with Crippen molar-refractivity contribution < 1.29 is 29.3 Å². The second kappa shape index (κ2) is 6.83. The van der Waals surface area contributed by atoms with Crippen LogP contribution in [0.1, 0.15) is 11.8 Å². The standard InChI is InChI=1S/C13H19N3O8/c1-6-4-16(12(21)15-9(6)18)10-7(24-14-2)8(17)13(23-10,5-22-3)11(19)20/h4,7-8,10,14,17H,5H2,1-3H3,(H,19,20)(H,15,18,21)/t7?,8?,10-,13-/m1/s1. The van der Waals surface area contributed by atoms with Gasteiger partial charge in [-0.3, -0.25) is 19.2 Å². The van der Waals surface area contributed by atoms with E-state index in [1.807, 2.05) is 0 Å². The lowest BCUT2D eigenvalue weighted by molar-refractivity contribution is -0.186. The van der Waals surface area contributed by atoms with Gasteiger partial charge in [-0.05, 0) is 6.92 Å². The number of hydrogen-bond donors (Lipinski definition) is 4. The molecule has 1 saturated heterocycles. The van der Waals surface area contributed by atoms with Crippen LogP contribution in [-0.4, -0.2) is 64.3 Å². The van der Waals surface area contributed by atoms with Crippen LogP contribution in [0.5, 0.6) is 0 Å². The summed E-state index contributed by atoms with van der Waals surface area (Å²) in [6, 6.07) is 0. The van der Waals surface area contributed by atoms with Crippen LogP contribution < -0.4 is 16.7 Å². The van der Waals surface area contributed by atoms with E-state index in [0.29, 0.717) is 0 Å². The van der Waals surface area contributed by atoms with Gasteiger partial charge in [0.25, 0.3) is 5.56 Å². The van der Waals surface area contributed by atoms with Crippen molar-refractivity contribution in [3.8, 4) is 0 Å². The normalized spacial score (nSPS) is 29.8. The minimum Gasteiger partial charge on any atom is -0.479 e. The summed E-state index contributed by atoms with van der Waals surface area (Å²) in [5.74, 6) is -1.47. The first kappa shape index (κ1) is 18.3. The third kappa shape index (κ3) is 2.87. The second-order valence-electron chi connectivity index (χ2n) is 5.35. The van der Waals surface area contributed by atoms with E-state index in [-0.39, 0.29) is 5.56 Å². The van der Waals surface area contributed by atoms with E-state index in [9.17, 15) is 24.6 Å². The number of rotatable bonds is 6. The number of H-pyrrole nitrogens is 1. The Bertz CT molecular complexity index is 729. The van der Waals surface area contributed by atoms with Crippen molar-refractivity contribution in [2.24, 2.45) is 0 Å². The Hall–Kier alpha value is -2.05. The molecular formula is C13H19N3O8. The minimum absolute atomic E-state index is 0.204. The maximum Gasteiger partial charge on any atom is 0.341 e. The van der Waals surface area contributed by atoms with Crippen molar-refractivity contribution in [1.29, 1.82) is 0 Å². The SMILES string of the molecule is CNOC1C(O)[C@](COC)(C(=O)O)O[C@H]1n1cc(C)c(=O)[nH]c1=O. The number of aromatic amines is 1. The number of aryl methyl sites for hydroxylation is 1. The van der Waals surface area contributed by atoms with Crippen LogP contribution in [0.3, 0.4) is 0 Å². The van der Waals surface area contributed by atoms with Gasteiger partial charge < -0.3 is 19.7 Å². The van der Waals surface area contributed by atoms with Gasteiger partial charge in [0, 0.05) is 25.9 Å². The summed E-state index contributed by atoms with van der Waals surface area (Å²) in [4.78, 5) is 42.5. The molecular weight excluding hydrogens is 326 g/mol. The number of aromatic nitrogens is 2. The van der Waals surface area contributed by atoms with Crippen molar-refractivity contribution in [2.75, 3.05) is 20.8 Å². The molecule has 134 valence electrons. The zero-order valence-corrected chi connectivity index (χ0v) is 13.3. The molecule has 1 fully saturated rings. The predicted octanol–water partition coefficient (Wildman–Crippen LogP) is -2.28. The molecule has 0 spiro atoms. The van der Waals surface area contributed by atoms with Crippen LogP contribution in [-0.2, 0) is 19.1 Å². The summed E-state index contributed by atoms with van der Waals surface area (Å²) in [6.45, 7) is 0.994. The third-order valence-electron chi connectivity index (χ3n) is 3.80. The molecule has 0 bridgehead atoms. The summed E-state index contributed by atoms with van der Waals surface area (Å²) < 4.78 is 11.3. The lowest BCUT2D eigenvalue weighted by Crippen LogP contribution is -2.53. The number of ether oxygens (including phenoxy) is 2. The van der Waals surface area contributed by atoms with E-state index in [2.05, 4.69) is 10.5 Å². The molecule has 0 amide bonds. The largest absolute Gasteiger partial charge is 0.479 e. The van der Waals surface area contributed by atoms with Gasteiger partial charge in [-0.25, -0.2) is 15.1 Å². The topological polar surface area (TPSA) is 152 Å². The quantitative estimate of drug-likeness (QED) is 0.418. The van der Waals surface area contributed by atoms with E-state index in [0.717, 1.165) is 4.57 Å². The van der Waals surface area contributed by atoms with Crippen molar-refractivity contribution in [1.82, 2.24) is 15.0 Å². The highest BCUT2D eigenvalue weighted by molar-refractivity contribution is 5.79. The Morgan fingerprint density at radius 1 is 1.54 bits per heavy atom. The van der Waals surface area contributed by atoms with E-state index in [4.69, 9.17) is 14.3 Å².